The summed E-state index contributed by atoms with van der Waals surface area (Å²) in [7, 11) is 0. The van der Waals surface area contributed by atoms with Crippen molar-refractivity contribution in [3.63, 3.8) is 0 Å². The zero-order valence-corrected chi connectivity index (χ0v) is 16.3. The molecule has 1 heterocycles. The van der Waals surface area contributed by atoms with Gasteiger partial charge in [0.25, 0.3) is 0 Å². The average Bonchev–Trinajstić information content (AvgIpc) is 2.54. The number of aliphatic imine (C=N–C) groups is 1. The maximum atomic E-state index is 10.5. The molecule has 5 nitrogen and oxygen atoms in total. The van der Waals surface area contributed by atoms with E-state index in [4.69, 9.17) is 0 Å². The van der Waals surface area contributed by atoms with Gasteiger partial charge in [0.2, 0.25) is 0 Å². The highest BCUT2D eigenvalue weighted by molar-refractivity contribution is 14.0. The first-order valence-electron chi connectivity index (χ1n) is 8.36. The van der Waals surface area contributed by atoms with E-state index in [9.17, 15) is 5.11 Å². The fourth-order valence-electron chi connectivity index (χ4n) is 2.79. The molecule has 0 bridgehead atoms. The molecule has 1 saturated carbocycles. The maximum Gasteiger partial charge on any atom is 0.191 e. The summed E-state index contributed by atoms with van der Waals surface area (Å²) in [6, 6.07) is 5.95. The fourth-order valence-corrected chi connectivity index (χ4v) is 2.79. The molecule has 0 aromatic carbocycles. The molecule has 1 aliphatic carbocycles. The van der Waals surface area contributed by atoms with Crippen LogP contribution in [0.3, 0.4) is 0 Å². The average molecular weight is 432 g/mol. The van der Waals surface area contributed by atoms with Gasteiger partial charge < -0.3 is 15.7 Å². The van der Waals surface area contributed by atoms with Crippen LogP contribution in [-0.4, -0.2) is 41.3 Å². The Hall–Kier alpha value is -0.890. The summed E-state index contributed by atoms with van der Waals surface area (Å²) in [5, 5.41) is 17.1. The van der Waals surface area contributed by atoms with Crippen molar-refractivity contribution in [3.05, 3.63) is 30.1 Å². The van der Waals surface area contributed by atoms with E-state index in [1.54, 1.807) is 0 Å². The number of hydrogen-bond donors (Lipinski definition) is 3. The molecule has 6 heteroatoms. The van der Waals surface area contributed by atoms with Crippen molar-refractivity contribution in [2.24, 2.45) is 4.99 Å². The second kappa shape index (κ2) is 10.8. The Morgan fingerprint density at radius 3 is 2.70 bits per heavy atom. The summed E-state index contributed by atoms with van der Waals surface area (Å²) in [4.78, 5) is 8.88. The number of halogens is 1. The fraction of sp³-hybridized carbons (Fsp3) is 0.647. The molecule has 0 unspecified atom stereocenters. The summed E-state index contributed by atoms with van der Waals surface area (Å²) in [6.07, 6.45) is 7.84. The van der Waals surface area contributed by atoms with Crippen LogP contribution in [0.2, 0.25) is 0 Å². The lowest BCUT2D eigenvalue weighted by atomic mass is 9.85. The van der Waals surface area contributed by atoms with Crippen LogP contribution in [0.15, 0.2) is 29.4 Å². The molecule has 1 fully saturated rings. The molecule has 0 atom stereocenters. The van der Waals surface area contributed by atoms with Crippen LogP contribution in [0.4, 0.5) is 0 Å². The first-order chi connectivity index (χ1) is 10.7. The number of aromatic nitrogens is 1. The molecule has 0 spiro atoms. The van der Waals surface area contributed by atoms with Crippen LogP contribution in [0.1, 0.15) is 44.7 Å². The summed E-state index contributed by atoms with van der Waals surface area (Å²) >= 11 is 0. The third-order valence-electron chi connectivity index (χ3n) is 4.06. The third-order valence-corrected chi connectivity index (χ3v) is 4.06. The van der Waals surface area contributed by atoms with Gasteiger partial charge in [0.1, 0.15) is 0 Å². The minimum absolute atomic E-state index is 0. The van der Waals surface area contributed by atoms with Crippen LogP contribution >= 0.6 is 24.0 Å². The van der Waals surface area contributed by atoms with E-state index in [0.717, 1.165) is 56.8 Å². The Kier molecular flexibility index (Phi) is 9.47. The predicted molar refractivity (Wildman–Crippen MR) is 105 cm³/mol. The Balaban J connectivity index is 0.00000264. The summed E-state index contributed by atoms with van der Waals surface area (Å²) in [5.74, 6) is 0.775. The largest absolute Gasteiger partial charge is 0.388 e. The molecule has 1 aromatic rings. The van der Waals surface area contributed by atoms with Gasteiger partial charge in [-0.15, -0.1) is 24.0 Å². The van der Waals surface area contributed by atoms with Gasteiger partial charge in [0.05, 0.1) is 12.1 Å². The van der Waals surface area contributed by atoms with Crippen molar-refractivity contribution >= 4 is 29.9 Å². The predicted octanol–water partition coefficient (Wildman–Crippen LogP) is 2.49. The molecular weight excluding hydrogens is 403 g/mol. The second-order valence-corrected chi connectivity index (χ2v) is 5.98. The van der Waals surface area contributed by atoms with E-state index in [1.807, 2.05) is 31.3 Å². The van der Waals surface area contributed by atoms with Crippen molar-refractivity contribution in [3.8, 4) is 0 Å². The van der Waals surface area contributed by atoms with Crippen molar-refractivity contribution in [2.75, 3.05) is 19.6 Å². The van der Waals surface area contributed by atoms with Crippen molar-refractivity contribution in [2.45, 2.75) is 51.0 Å². The second-order valence-electron chi connectivity index (χ2n) is 5.98. The third kappa shape index (κ3) is 7.48. The van der Waals surface area contributed by atoms with E-state index in [-0.39, 0.29) is 24.0 Å². The molecule has 130 valence electrons. The van der Waals surface area contributed by atoms with Gasteiger partial charge in [-0.2, -0.15) is 0 Å². The number of aliphatic hydroxyl groups is 1. The molecule has 1 aliphatic rings. The highest BCUT2D eigenvalue weighted by Gasteiger charge is 2.28. The molecular formula is C17H29IN4O. The lowest BCUT2D eigenvalue weighted by Gasteiger charge is -2.30. The van der Waals surface area contributed by atoms with Gasteiger partial charge in [-0.25, -0.2) is 0 Å². The van der Waals surface area contributed by atoms with Gasteiger partial charge in [-0.3, -0.25) is 9.98 Å². The van der Waals surface area contributed by atoms with E-state index >= 15 is 0 Å². The Morgan fingerprint density at radius 1 is 1.26 bits per heavy atom. The molecule has 2 rings (SSSR count). The molecule has 1 aromatic heterocycles. The summed E-state index contributed by atoms with van der Waals surface area (Å²) in [6.45, 7) is 4.12. The standard InChI is InChI=1S/C17H28N4O.HI/c1-2-18-16(20-13-9-15-8-4-7-12-19-15)21-14-17(22)10-5-3-6-11-17;/h4,7-8,12,22H,2-3,5-6,9-11,13-14H2,1H3,(H2,18,20,21);1H. The smallest absolute Gasteiger partial charge is 0.191 e. The quantitative estimate of drug-likeness (QED) is 0.367. The van der Waals surface area contributed by atoms with Gasteiger partial charge in [-0.1, -0.05) is 25.3 Å². The molecule has 0 radical (unpaired) electrons. The Bertz CT molecular complexity index is 461. The van der Waals surface area contributed by atoms with Crippen molar-refractivity contribution < 1.29 is 5.11 Å². The van der Waals surface area contributed by atoms with Crippen LogP contribution < -0.4 is 10.6 Å². The molecule has 0 aliphatic heterocycles. The SMILES string of the molecule is CCNC(=NCC1(O)CCCCC1)NCCc1ccccn1.I. The summed E-state index contributed by atoms with van der Waals surface area (Å²) in [5.41, 5.74) is 0.457. The van der Waals surface area contributed by atoms with Crippen molar-refractivity contribution in [1.82, 2.24) is 15.6 Å². The van der Waals surface area contributed by atoms with Gasteiger partial charge in [0, 0.05) is 31.4 Å². The first kappa shape index (κ1) is 20.2. The Labute approximate surface area is 156 Å². The molecule has 0 saturated heterocycles. The zero-order valence-electron chi connectivity index (χ0n) is 13.9. The van der Waals surface area contributed by atoms with E-state index < -0.39 is 5.60 Å². The minimum Gasteiger partial charge on any atom is -0.388 e. The number of pyridine rings is 1. The first-order valence-corrected chi connectivity index (χ1v) is 8.36. The number of nitrogens with one attached hydrogen (secondary N) is 2. The monoisotopic (exact) mass is 432 g/mol. The van der Waals surface area contributed by atoms with Gasteiger partial charge in [-0.05, 0) is 31.9 Å². The lowest BCUT2D eigenvalue weighted by Crippen LogP contribution is -2.41. The van der Waals surface area contributed by atoms with Crippen LogP contribution in [0.25, 0.3) is 0 Å². The number of hydrogen-bond acceptors (Lipinski definition) is 3. The lowest BCUT2D eigenvalue weighted by molar-refractivity contribution is 0.0131. The molecule has 3 N–H and O–H groups in total. The van der Waals surface area contributed by atoms with E-state index in [2.05, 4.69) is 20.6 Å². The number of guanidine groups is 1. The van der Waals surface area contributed by atoms with Crippen LogP contribution in [-0.2, 0) is 6.42 Å². The van der Waals surface area contributed by atoms with E-state index in [1.165, 1.54) is 6.42 Å². The highest BCUT2D eigenvalue weighted by atomic mass is 127. The normalized spacial score (nSPS) is 17.2. The highest BCUT2D eigenvalue weighted by Crippen LogP contribution is 2.28. The van der Waals surface area contributed by atoms with Gasteiger partial charge >= 0.3 is 0 Å². The molecule has 0 amide bonds. The number of rotatable bonds is 6. The number of nitrogens with zero attached hydrogens (tertiary/aromatic N) is 2. The minimum atomic E-state index is -0.610. The van der Waals surface area contributed by atoms with Crippen LogP contribution in [0.5, 0.6) is 0 Å². The van der Waals surface area contributed by atoms with Crippen LogP contribution in [0, 0.1) is 0 Å². The molecule has 23 heavy (non-hydrogen) atoms. The van der Waals surface area contributed by atoms with Gasteiger partial charge in [0.15, 0.2) is 5.96 Å². The topological polar surface area (TPSA) is 69.5 Å². The summed E-state index contributed by atoms with van der Waals surface area (Å²) < 4.78 is 0. The van der Waals surface area contributed by atoms with E-state index in [0.29, 0.717) is 6.54 Å². The Morgan fingerprint density at radius 2 is 2.04 bits per heavy atom. The van der Waals surface area contributed by atoms with Crippen molar-refractivity contribution in [1.29, 1.82) is 0 Å². The zero-order chi connectivity index (χ0) is 15.7. The maximum absolute atomic E-state index is 10.5.